The quantitative estimate of drug-likeness (QED) is 0.604. The number of likely N-dealkylation sites (tertiary alicyclic amines) is 1. The van der Waals surface area contributed by atoms with E-state index in [1.54, 1.807) is 6.26 Å². The van der Waals surface area contributed by atoms with Crippen LogP contribution in [0.3, 0.4) is 0 Å². The molecule has 7 nitrogen and oxygen atoms in total. The van der Waals surface area contributed by atoms with Crippen molar-refractivity contribution in [2.75, 3.05) is 39.3 Å². The summed E-state index contributed by atoms with van der Waals surface area (Å²) in [5.41, 5.74) is 0.723. The van der Waals surface area contributed by atoms with Gasteiger partial charge in [0.15, 0.2) is 0 Å². The zero-order chi connectivity index (χ0) is 21.3. The highest BCUT2D eigenvalue weighted by Crippen LogP contribution is 2.20. The molecule has 0 unspecified atom stereocenters. The fraction of sp³-hybridized carbons (Fsp3) is 0.545. The number of nitrogens with zero attached hydrogens (tertiary/aromatic N) is 2. The van der Waals surface area contributed by atoms with Crippen LogP contribution in [0.5, 0.6) is 0 Å². The average molecular weight is 433 g/mol. The minimum Gasteiger partial charge on any atom is -0.468 e. The maximum Gasteiger partial charge on any atom is 0.252 e. The molecule has 1 aliphatic heterocycles. The monoisotopic (exact) mass is 432 g/mol. The summed E-state index contributed by atoms with van der Waals surface area (Å²) < 4.78 is 5.60. The van der Waals surface area contributed by atoms with E-state index in [0.29, 0.717) is 13.1 Å². The van der Waals surface area contributed by atoms with Gasteiger partial charge in [0.2, 0.25) is 5.91 Å². The molecule has 2 aromatic rings. The number of carbonyl (C=O) groups excluding carboxylic acids is 2. The summed E-state index contributed by atoms with van der Waals surface area (Å²) in [5, 5.41) is 9.95. The SMILES string of the molecule is CCN(CC)[C@@H](CNC(=O)CN1CCC(NC(=O)c2ccsc2)CC1)c1ccco1. The van der Waals surface area contributed by atoms with Crippen molar-refractivity contribution in [2.24, 2.45) is 0 Å². The second-order valence-electron chi connectivity index (χ2n) is 7.59. The summed E-state index contributed by atoms with van der Waals surface area (Å²) in [4.78, 5) is 29.2. The van der Waals surface area contributed by atoms with Gasteiger partial charge in [-0.3, -0.25) is 19.4 Å². The number of hydrogen-bond acceptors (Lipinski definition) is 6. The van der Waals surface area contributed by atoms with Gasteiger partial charge in [-0.1, -0.05) is 13.8 Å². The third kappa shape index (κ3) is 6.17. The molecule has 164 valence electrons. The number of carbonyl (C=O) groups is 2. The summed E-state index contributed by atoms with van der Waals surface area (Å²) in [7, 11) is 0. The second kappa shape index (κ2) is 11.3. The van der Waals surface area contributed by atoms with Gasteiger partial charge in [-0.25, -0.2) is 0 Å². The molecule has 1 atom stereocenters. The zero-order valence-electron chi connectivity index (χ0n) is 17.8. The third-order valence-corrected chi connectivity index (χ3v) is 6.37. The second-order valence-corrected chi connectivity index (χ2v) is 8.37. The fourth-order valence-corrected chi connectivity index (χ4v) is 4.56. The van der Waals surface area contributed by atoms with Crippen LogP contribution >= 0.6 is 11.3 Å². The lowest BCUT2D eigenvalue weighted by Crippen LogP contribution is -2.48. The van der Waals surface area contributed by atoms with Crippen molar-refractivity contribution in [3.8, 4) is 0 Å². The van der Waals surface area contributed by atoms with E-state index in [2.05, 4.69) is 34.3 Å². The van der Waals surface area contributed by atoms with Gasteiger partial charge in [-0.15, -0.1) is 0 Å². The number of rotatable bonds is 10. The van der Waals surface area contributed by atoms with Gasteiger partial charge in [0.05, 0.1) is 18.8 Å². The highest BCUT2D eigenvalue weighted by Gasteiger charge is 2.24. The molecule has 8 heteroatoms. The van der Waals surface area contributed by atoms with E-state index >= 15 is 0 Å². The van der Waals surface area contributed by atoms with Crippen molar-refractivity contribution in [2.45, 2.75) is 38.8 Å². The molecule has 1 aliphatic rings. The molecule has 2 amide bonds. The van der Waals surface area contributed by atoms with E-state index in [-0.39, 0.29) is 23.9 Å². The number of amides is 2. The van der Waals surface area contributed by atoms with E-state index in [1.165, 1.54) is 11.3 Å². The Kier molecular flexibility index (Phi) is 8.48. The molecule has 3 heterocycles. The molecule has 2 aromatic heterocycles. The molecule has 2 N–H and O–H groups in total. The number of nitrogens with one attached hydrogen (secondary N) is 2. The van der Waals surface area contributed by atoms with Crippen LogP contribution in [-0.2, 0) is 4.79 Å². The number of piperidine rings is 1. The Labute approximate surface area is 182 Å². The first kappa shape index (κ1) is 22.5. The first-order chi connectivity index (χ1) is 14.6. The van der Waals surface area contributed by atoms with Crippen LogP contribution in [0.15, 0.2) is 39.6 Å². The molecular formula is C22H32N4O3S. The molecular weight excluding hydrogens is 400 g/mol. The minimum absolute atomic E-state index is 0.00665. The molecule has 3 rings (SSSR count). The summed E-state index contributed by atoms with van der Waals surface area (Å²) in [6, 6.07) is 5.90. The van der Waals surface area contributed by atoms with Crippen LogP contribution in [0, 0.1) is 0 Å². The highest BCUT2D eigenvalue weighted by atomic mass is 32.1. The first-order valence-electron chi connectivity index (χ1n) is 10.7. The molecule has 1 saturated heterocycles. The molecule has 0 bridgehead atoms. The molecule has 0 aromatic carbocycles. The van der Waals surface area contributed by atoms with Crippen LogP contribution in [0.1, 0.15) is 48.8 Å². The predicted molar refractivity (Wildman–Crippen MR) is 119 cm³/mol. The van der Waals surface area contributed by atoms with Crippen molar-refractivity contribution in [1.29, 1.82) is 0 Å². The lowest BCUT2D eigenvalue weighted by atomic mass is 10.0. The average Bonchev–Trinajstić information content (AvgIpc) is 3.46. The van der Waals surface area contributed by atoms with Gasteiger partial charge in [0.25, 0.3) is 5.91 Å². The van der Waals surface area contributed by atoms with Gasteiger partial charge in [0, 0.05) is 36.6 Å². The van der Waals surface area contributed by atoms with Gasteiger partial charge < -0.3 is 15.1 Å². The lowest BCUT2D eigenvalue weighted by molar-refractivity contribution is -0.122. The minimum atomic E-state index is -0.00665. The van der Waals surface area contributed by atoms with Crippen molar-refractivity contribution in [1.82, 2.24) is 20.4 Å². The number of thiophene rings is 1. The van der Waals surface area contributed by atoms with Crippen molar-refractivity contribution < 1.29 is 14.0 Å². The van der Waals surface area contributed by atoms with E-state index in [0.717, 1.165) is 50.3 Å². The Morgan fingerprint density at radius 2 is 2.03 bits per heavy atom. The molecule has 0 saturated carbocycles. The van der Waals surface area contributed by atoms with E-state index in [9.17, 15) is 9.59 Å². The van der Waals surface area contributed by atoms with Crippen LogP contribution in [0.25, 0.3) is 0 Å². The van der Waals surface area contributed by atoms with Crippen molar-refractivity contribution >= 4 is 23.2 Å². The predicted octanol–water partition coefficient (Wildman–Crippen LogP) is 2.73. The zero-order valence-corrected chi connectivity index (χ0v) is 18.6. The number of furan rings is 1. The topological polar surface area (TPSA) is 77.8 Å². The summed E-state index contributed by atoms with van der Waals surface area (Å²) >= 11 is 1.52. The van der Waals surface area contributed by atoms with Crippen LogP contribution in [0.4, 0.5) is 0 Å². The standard InChI is InChI=1S/C22H32N4O3S/c1-3-26(4-2)19(20-6-5-12-29-20)14-23-21(27)15-25-10-7-18(8-11-25)24-22(28)17-9-13-30-16-17/h5-6,9,12-13,16,18-19H,3-4,7-8,10-11,14-15H2,1-2H3,(H,23,27)(H,24,28)/t19-/m0/s1. The number of hydrogen-bond donors (Lipinski definition) is 2. The van der Waals surface area contributed by atoms with Gasteiger partial charge >= 0.3 is 0 Å². The number of likely N-dealkylation sites (N-methyl/N-ethyl adjacent to an activating group) is 1. The van der Waals surface area contributed by atoms with Gasteiger partial charge in [-0.2, -0.15) is 11.3 Å². The van der Waals surface area contributed by atoms with Gasteiger partial charge in [0.1, 0.15) is 5.76 Å². The Bertz CT molecular complexity index is 766. The maximum absolute atomic E-state index is 12.5. The maximum atomic E-state index is 12.5. The largest absolute Gasteiger partial charge is 0.468 e. The Balaban J connectivity index is 1.41. The van der Waals surface area contributed by atoms with Crippen LogP contribution in [0.2, 0.25) is 0 Å². The Morgan fingerprint density at radius 3 is 2.63 bits per heavy atom. The Morgan fingerprint density at radius 1 is 1.27 bits per heavy atom. The highest BCUT2D eigenvalue weighted by molar-refractivity contribution is 7.08. The third-order valence-electron chi connectivity index (χ3n) is 5.69. The molecule has 0 spiro atoms. The lowest BCUT2D eigenvalue weighted by Gasteiger charge is -2.32. The Hall–Kier alpha value is -2.16. The molecule has 1 fully saturated rings. The van der Waals surface area contributed by atoms with Crippen LogP contribution < -0.4 is 10.6 Å². The summed E-state index contributed by atoms with van der Waals surface area (Å²) in [5.74, 6) is 0.897. The van der Waals surface area contributed by atoms with E-state index in [1.807, 2.05) is 29.0 Å². The van der Waals surface area contributed by atoms with E-state index < -0.39 is 0 Å². The summed E-state index contributed by atoms with van der Waals surface area (Å²) in [6.07, 6.45) is 3.39. The van der Waals surface area contributed by atoms with Gasteiger partial charge in [-0.05, 0) is 49.5 Å². The van der Waals surface area contributed by atoms with Crippen molar-refractivity contribution in [3.05, 3.63) is 46.5 Å². The molecule has 0 radical (unpaired) electrons. The van der Waals surface area contributed by atoms with Crippen LogP contribution in [-0.4, -0.2) is 66.9 Å². The molecule has 0 aliphatic carbocycles. The normalized spacial score (nSPS) is 16.5. The van der Waals surface area contributed by atoms with Crippen molar-refractivity contribution in [3.63, 3.8) is 0 Å². The summed E-state index contributed by atoms with van der Waals surface area (Å²) in [6.45, 7) is 8.53. The molecule has 30 heavy (non-hydrogen) atoms. The first-order valence-corrected chi connectivity index (χ1v) is 11.6. The fourth-order valence-electron chi connectivity index (χ4n) is 3.92. The smallest absolute Gasteiger partial charge is 0.252 e. The van der Waals surface area contributed by atoms with E-state index in [4.69, 9.17) is 4.42 Å².